The average Bonchev–Trinajstić information content (AvgIpc) is 3.03. The fourth-order valence-corrected chi connectivity index (χ4v) is 4.62. The number of amides is 1. The third kappa shape index (κ3) is 5.63. The van der Waals surface area contributed by atoms with Gasteiger partial charge in [-0.25, -0.2) is 4.98 Å². The number of carbonyl (C=O) groups is 1. The molecule has 1 aromatic heterocycles. The summed E-state index contributed by atoms with van der Waals surface area (Å²) in [7, 11) is 0. The molecule has 0 aliphatic carbocycles. The summed E-state index contributed by atoms with van der Waals surface area (Å²) in [4.78, 5) is 21.1. The van der Waals surface area contributed by atoms with E-state index in [-0.39, 0.29) is 11.9 Å². The normalized spacial score (nSPS) is 16.3. The highest BCUT2D eigenvalue weighted by molar-refractivity contribution is 7.11. The van der Waals surface area contributed by atoms with Crippen LogP contribution in [0.1, 0.15) is 52.5 Å². The van der Waals surface area contributed by atoms with Crippen LogP contribution in [0.4, 0.5) is 0 Å². The minimum absolute atomic E-state index is 0.0305. The third-order valence-electron chi connectivity index (χ3n) is 5.09. The second-order valence-corrected chi connectivity index (χ2v) is 9.11. The number of rotatable bonds is 7. The molecule has 1 aliphatic rings. The van der Waals surface area contributed by atoms with Crippen molar-refractivity contribution in [3.63, 3.8) is 0 Å². The van der Waals surface area contributed by atoms with Crippen molar-refractivity contribution in [3.05, 3.63) is 51.0 Å². The van der Waals surface area contributed by atoms with Gasteiger partial charge >= 0.3 is 0 Å². The minimum atomic E-state index is -0.0307. The van der Waals surface area contributed by atoms with E-state index in [0.29, 0.717) is 12.3 Å². The van der Waals surface area contributed by atoms with Gasteiger partial charge in [-0.15, -0.1) is 11.3 Å². The van der Waals surface area contributed by atoms with Gasteiger partial charge in [-0.1, -0.05) is 43.7 Å². The first-order valence-electron chi connectivity index (χ1n) is 10.0. The summed E-state index contributed by atoms with van der Waals surface area (Å²) in [5.41, 5.74) is 3.47. The maximum atomic E-state index is 12.8. The Hall–Kier alpha value is -1.76. The number of aromatic nitrogens is 1. The van der Waals surface area contributed by atoms with E-state index in [1.54, 1.807) is 11.3 Å². The molecule has 1 aliphatic heterocycles. The molecule has 28 heavy (non-hydrogen) atoms. The van der Waals surface area contributed by atoms with Crippen LogP contribution in [0.5, 0.6) is 0 Å². The van der Waals surface area contributed by atoms with Crippen LogP contribution < -0.4 is 5.32 Å². The summed E-state index contributed by atoms with van der Waals surface area (Å²) in [6.07, 6.45) is 0.337. The summed E-state index contributed by atoms with van der Waals surface area (Å²) >= 11 is 1.63. The molecule has 1 unspecified atom stereocenters. The van der Waals surface area contributed by atoms with Crippen LogP contribution in [0.15, 0.2) is 24.3 Å². The first-order valence-corrected chi connectivity index (χ1v) is 10.9. The van der Waals surface area contributed by atoms with Gasteiger partial charge in [0, 0.05) is 24.5 Å². The van der Waals surface area contributed by atoms with Gasteiger partial charge in [0.25, 0.3) is 0 Å². The highest BCUT2D eigenvalue weighted by Crippen LogP contribution is 2.24. The van der Waals surface area contributed by atoms with Crippen molar-refractivity contribution in [2.24, 2.45) is 0 Å². The Bertz CT molecular complexity index is 780. The molecule has 1 atom stereocenters. The number of morpholine rings is 1. The smallest absolute Gasteiger partial charge is 0.227 e. The van der Waals surface area contributed by atoms with E-state index in [1.807, 2.05) is 0 Å². The highest BCUT2D eigenvalue weighted by atomic mass is 32.1. The van der Waals surface area contributed by atoms with Gasteiger partial charge in [0.2, 0.25) is 5.91 Å². The number of carbonyl (C=O) groups excluding carboxylic acids is 1. The highest BCUT2D eigenvalue weighted by Gasteiger charge is 2.21. The zero-order valence-corrected chi connectivity index (χ0v) is 18.1. The summed E-state index contributed by atoms with van der Waals surface area (Å²) in [5.74, 6) is 0.414. The van der Waals surface area contributed by atoms with Crippen LogP contribution in [0.2, 0.25) is 0 Å². The van der Waals surface area contributed by atoms with E-state index >= 15 is 0 Å². The number of benzene rings is 1. The fraction of sp³-hybridized carbons (Fsp3) is 0.545. The Kier molecular flexibility index (Phi) is 7.21. The summed E-state index contributed by atoms with van der Waals surface area (Å²) in [5, 5.41) is 4.15. The first-order chi connectivity index (χ1) is 13.4. The van der Waals surface area contributed by atoms with Crippen molar-refractivity contribution >= 4 is 17.2 Å². The van der Waals surface area contributed by atoms with Gasteiger partial charge in [-0.2, -0.15) is 0 Å². The van der Waals surface area contributed by atoms with Crippen molar-refractivity contribution in [1.82, 2.24) is 15.2 Å². The molecule has 2 heterocycles. The lowest BCUT2D eigenvalue weighted by Gasteiger charge is -2.31. The molecular weight excluding hydrogens is 370 g/mol. The van der Waals surface area contributed by atoms with E-state index in [4.69, 9.17) is 4.74 Å². The van der Waals surface area contributed by atoms with Crippen LogP contribution >= 0.6 is 11.3 Å². The molecular formula is C22H31N3O2S. The molecule has 0 saturated carbocycles. The van der Waals surface area contributed by atoms with E-state index in [1.165, 1.54) is 10.4 Å². The Balaban J connectivity index is 1.69. The molecule has 0 bridgehead atoms. The van der Waals surface area contributed by atoms with Crippen LogP contribution in [0.25, 0.3) is 0 Å². The predicted octanol–water partition coefficient (Wildman–Crippen LogP) is 3.62. The average molecular weight is 402 g/mol. The van der Waals surface area contributed by atoms with Gasteiger partial charge in [-0.05, 0) is 25.3 Å². The first kappa shape index (κ1) is 21.0. The number of hydrogen-bond donors (Lipinski definition) is 1. The molecule has 0 radical (unpaired) electrons. The topological polar surface area (TPSA) is 54.5 Å². The number of nitrogens with one attached hydrogen (secondary N) is 1. The SMILES string of the molecule is Cc1ccc(C(CN2CCOCC2)NC(=O)Cc2nc(C(C)C)c(C)s2)cc1. The van der Waals surface area contributed by atoms with Gasteiger partial charge in [0.15, 0.2) is 0 Å². The van der Waals surface area contributed by atoms with E-state index in [2.05, 4.69) is 67.2 Å². The molecule has 5 nitrogen and oxygen atoms in total. The van der Waals surface area contributed by atoms with Gasteiger partial charge in [-0.3, -0.25) is 9.69 Å². The molecule has 3 rings (SSSR count). The maximum absolute atomic E-state index is 12.8. The summed E-state index contributed by atoms with van der Waals surface area (Å²) in [6.45, 7) is 12.6. The lowest BCUT2D eigenvalue weighted by Crippen LogP contribution is -2.43. The number of thiazole rings is 1. The zero-order chi connectivity index (χ0) is 20.1. The molecule has 2 aromatic rings. The van der Waals surface area contributed by atoms with Crippen molar-refractivity contribution in [3.8, 4) is 0 Å². The van der Waals surface area contributed by atoms with E-state index < -0.39 is 0 Å². The molecule has 1 fully saturated rings. The van der Waals surface area contributed by atoms with E-state index in [9.17, 15) is 4.79 Å². The molecule has 152 valence electrons. The van der Waals surface area contributed by atoms with E-state index in [0.717, 1.165) is 49.1 Å². The fourth-order valence-electron chi connectivity index (χ4n) is 3.53. The third-order valence-corrected chi connectivity index (χ3v) is 6.08. The van der Waals surface area contributed by atoms with Gasteiger partial charge in [0.1, 0.15) is 5.01 Å². The molecule has 1 saturated heterocycles. The Morgan fingerprint density at radius 1 is 1.21 bits per heavy atom. The zero-order valence-electron chi connectivity index (χ0n) is 17.3. The van der Waals surface area contributed by atoms with Crippen LogP contribution in [0.3, 0.4) is 0 Å². The molecule has 1 aromatic carbocycles. The lowest BCUT2D eigenvalue weighted by atomic mass is 10.0. The molecule has 0 spiro atoms. The minimum Gasteiger partial charge on any atom is -0.379 e. The largest absolute Gasteiger partial charge is 0.379 e. The second kappa shape index (κ2) is 9.63. The van der Waals surface area contributed by atoms with Crippen LogP contribution in [0, 0.1) is 13.8 Å². The predicted molar refractivity (Wildman–Crippen MR) is 114 cm³/mol. The molecule has 1 amide bonds. The second-order valence-electron chi connectivity index (χ2n) is 7.82. The number of ether oxygens (including phenoxy) is 1. The lowest BCUT2D eigenvalue weighted by molar-refractivity contribution is -0.121. The van der Waals surface area contributed by atoms with Gasteiger partial charge < -0.3 is 10.1 Å². The summed E-state index contributed by atoms with van der Waals surface area (Å²) in [6, 6.07) is 8.41. The van der Waals surface area contributed by atoms with Crippen molar-refractivity contribution in [1.29, 1.82) is 0 Å². The van der Waals surface area contributed by atoms with Crippen molar-refractivity contribution < 1.29 is 9.53 Å². The quantitative estimate of drug-likeness (QED) is 0.770. The Morgan fingerprint density at radius 3 is 2.50 bits per heavy atom. The number of hydrogen-bond acceptors (Lipinski definition) is 5. The van der Waals surface area contributed by atoms with Crippen molar-refractivity contribution in [2.45, 2.75) is 46.1 Å². The monoisotopic (exact) mass is 401 g/mol. The standard InChI is InChI=1S/C22H31N3O2S/c1-15(2)22-17(4)28-21(24-22)13-20(26)23-19(14-25-9-11-27-12-10-25)18-7-5-16(3)6-8-18/h5-8,15,19H,9-14H2,1-4H3,(H,23,26). The number of nitrogens with zero attached hydrogens (tertiary/aromatic N) is 2. The summed E-state index contributed by atoms with van der Waals surface area (Å²) < 4.78 is 5.46. The number of aryl methyl sites for hydroxylation is 2. The van der Waals surface area contributed by atoms with Crippen molar-refractivity contribution in [2.75, 3.05) is 32.8 Å². The maximum Gasteiger partial charge on any atom is 0.227 e. The van der Waals surface area contributed by atoms with Crippen LogP contribution in [-0.2, 0) is 16.0 Å². The molecule has 6 heteroatoms. The Morgan fingerprint density at radius 2 is 1.89 bits per heavy atom. The van der Waals surface area contributed by atoms with Gasteiger partial charge in [0.05, 0.1) is 31.4 Å². The Labute approximate surface area is 172 Å². The van der Waals surface area contributed by atoms with Crippen LogP contribution in [-0.4, -0.2) is 48.6 Å². The molecule has 1 N–H and O–H groups in total.